The number of nitrogens with zero attached hydrogens (tertiary/aromatic N) is 1. The summed E-state index contributed by atoms with van der Waals surface area (Å²) in [6.45, 7) is 9.04. The highest BCUT2D eigenvalue weighted by atomic mass is 16.5. The highest BCUT2D eigenvalue weighted by Gasteiger charge is 2.32. The molecule has 0 radical (unpaired) electrons. The van der Waals surface area contributed by atoms with E-state index < -0.39 is 48.2 Å². The number of hydrogen-bond donors (Lipinski definition) is 5. The van der Waals surface area contributed by atoms with E-state index in [1.807, 2.05) is 42.5 Å². The summed E-state index contributed by atoms with van der Waals surface area (Å²) in [6.07, 6.45) is -2.40. The van der Waals surface area contributed by atoms with E-state index in [1.165, 1.54) is 12.1 Å². The van der Waals surface area contributed by atoms with Gasteiger partial charge in [0.15, 0.2) is 0 Å². The number of rotatable bonds is 17. The minimum absolute atomic E-state index is 0.101. The summed E-state index contributed by atoms with van der Waals surface area (Å²) < 4.78 is 14.9. The summed E-state index contributed by atoms with van der Waals surface area (Å²) in [5, 5.41) is 21.3. The Kier molecular flexibility index (Phi) is 15.8. The normalized spacial score (nSPS) is 13.7. The van der Waals surface area contributed by atoms with Crippen molar-refractivity contribution < 1.29 is 38.5 Å². The number of hydrazine groups is 1. The lowest BCUT2D eigenvalue weighted by molar-refractivity contribution is -0.131. The molecular formula is C33H49N5O8. The SMILES string of the molecule is CCOC(=O)N[C@H](C(=O)NC(Cc1ccccc1)C(O)CN(Cc1ccc(OC)cc1)NC(=O)[C@@H](NC(=O)OC)C(C)C)C(C)C. The van der Waals surface area contributed by atoms with Crippen LogP contribution in [0.1, 0.15) is 45.7 Å². The summed E-state index contributed by atoms with van der Waals surface area (Å²) in [6, 6.07) is 13.9. The Morgan fingerprint density at radius 2 is 1.37 bits per heavy atom. The van der Waals surface area contributed by atoms with Crippen LogP contribution in [0.2, 0.25) is 0 Å². The number of carbonyl (C=O) groups excluding carboxylic acids is 4. The Labute approximate surface area is 271 Å². The zero-order chi connectivity index (χ0) is 34.2. The van der Waals surface area contributed by atoms with Gasteiger partial charge in [0.2, 0.25) is 5.91 Å². The van der Waals surface area contributed by atoms with E-state index >= 15 is 0 Å². The number of nitrogens with one attached hydrogen (secondary N) is 4. The van der Waals surface area contributed by atoms with Gasteiger partial charge >= 0.3 is 12.2 Å². The van der Waals surface area contributed by atoms with Crippen molar-refractivity contribution in [2.45, 2.75) is 71.8 Å². The second-order valence-electron chi connectivity index (χ2n) is 11.5. The lowest BCUT2D eigenvalue weighted by atomic mass is 9.98. The van der Waals surface area contributed by atoms with Gasteiger partial charge in [-0.05, 0) is 48.4 Å². The van der Waals surface area contributed by atoms with Crippen molar-refractivity contribution in [3.05, 3.63) is 65.7 Å². The van der Waals surface area contributed by atoms with Crippen LogP contribution in [0, 0.1) is 11.8 Å². The van der Waals surface area contributed by atoms with Gasteiger partial charge < -0.3 is 35.3 Å². The van der Waals surface area contributed by atoms with Crippen LogP contribution in [-0.2, 0) is 32.0 Å². The first-order valence-electron chi connectivity index (χ1n) is 15.4. The molecule has 0 aliphatic heterocycles. The van der Waals surface area contributed by atoms with Crippen molar-refractivity contribution in [3.63, 3.8) is 0 Å². The zero-order valence-corrected chi connectivity index (χ0v) is 27.7. The fourth-order valence-corrected chi connectivity index (χ4v) is 4.66. The number of aliphatic hydroxyl groups excluding tert-OH is 1. The lowest BCUT2D eigenvalue weighted by Gasteiger charge is -2.33. The van der Waals surface area contributed by atoms with Gasteiger partial charge in [-0.15, -0.1) is 0 Å². The Morgan fingerprint density at radius 1 is 0.783 bits per heavy atom. The summed E-state index contributed by atoms with van der Waals surface area (Å²) >= 11 is 0. The molecule has 0 fully saturated rings. The molecule has 254 valence electrons. The van der Waals surface area contributed by atoms with Crippen molar-refractivity contribution in [1.82, 2.24) is 26.4 Å². The molecule has 0 aliphatic rings. The van der Waals surface area contributed by atoms with E-state index in [1.54, 1.807) is 53.9 Å². The molecule has 2 rings (SSSR count). The van der Waals surface area contributed by atoms with Crippen LogP contribution in [-0.4, -0.2) is 85.7 Å². The zero-order valence-electron chi connectivity index (χ0n) is 27.7. The van der Waals surface area contributed by atoms with Gasteiger partial charge in [0.1, 0.15) is 17.8 Å². The first kappa shape index (κ1) is 37.8. The van der Waals surface area contributed by atoms with Crippen LogP contribution in [0.25, 0.3) is 0 Å². The van der Waals surface area contributed by atoms with Gasteiger partial charge in [0.25, 0.3) is 5.91 Å². The number of carbonyl (C=O) groups is 4. The molecule has 13 nitrogen and oxygen atoms in total. The highest BCUT2D eigenvalue weighted by Crippen LogP contribution is 2.15. The lowest BCUT2D eigenvalue weighted by Crippen LogP contribution is -2.59. The molecule has 5 N–H and O–H groups in total. The monoisotopic (exact) mass is 643 g/mol. The molecule has 13 heteroatoms. The van der Waals surface area contributed by atoms with Crippen LogP contribution in [0.3, 0.4) is 0 Å². The van der Waals surface area contributed by atoms with Crippen LogP contribution in [0.4, 0.5) is 9.59 Å². The Balaban J connectivity index is 2.38. The van der Waals surface area contributed by atoms with Crippen LogP contribution < -0.4 is 26.1 Å². The second kappa shape index (κ2) is 19.2. The third-order valence-corrected chi connectivity index (χ3v) is 7.20. The van der Waals surface area contributed by atoms with E-state index in [2.05, 4.69) is 21.4 Å². The van der Waals surface area contributed by atoms with Crippen molar-refractivity contribution in [2.75, 3.05) is 27.4 Å². The van der Waals surface area contributed by atoms with E-state index in [0.717, 1.165) is 11.1 Å². The predicted molar refractivity (Wildman–Crippen MR) is 173 cm³/mol. The van der Waals surface area contributed by atoms with Crippen molar-refractivity contribution >= 4 is 24.0 Å². The van der Waals surface area contributed by atoms with E-state index in [-0.39, 0.29) is 38.0 Å². The maximum absolute atomic E-state index is 13.5. The largest absolute Gasteiger partial charge is 0.497 e. The molecule has 0 bridgehead atoms. The molecule has 2 aromatic carbocycles. The minimum Gasteiger partial charge on any atom is -0.497 e. The van der Waals surface area contributed by atoms with Gasteiger partial charge in [0.05, 0.1) is 33.0 Å². The summed E-state index contributed by atoms with van der Waals surface area (Å²) in [5.74, 6) is -0.903. The fraction of sp³-hybridized carbons (Fsp3) is 0.515. The number of alkyl carbamates (subject to hydrolysis) is 2. The standard InChI is InChI=1S/C33H49N5O8/c1-8-46-33(43)36-28(21(2)3)30(40)34-26(18-23-12-10-9-11-13-23)27(39)20-38(19-24-14-16-25(44-6)17-15-24)37-31(41)29(22(4)5)35-32(42)45-7/h9-17,21-22,26-29,39H,8,18-20H2,1-7H3,(H,34,40)(H,35,42)(H,36,43)(H,37,41)/t26?,27?,28-,29-/m0/s1. The molecule has 0 aromatic heterocycles. The van der Waals surface area contributed by atoms with Crippen molar-refractivity contribution in [3.8, 4) is 5.75 Å². The quantitative estimate of drug-likeness (QED) is 0.163. The molecule has 0 heterocycles. The van der Waals surface area contributed by atoms with Gasteiger partial charge in [-0.3, -0.25) is 15.0 Å². The average Bonchev–Trinajstić information content (AvgIpc) is 3.02. The predicted octanol–water partition coefficient (Wildman–Crippen LogP) is 2.77. The summed E-state index contributed by atoms with van der Waals surface area (Å²) in [7, 11) is 2.77. The Hall–Kier alpha value is -4.36. The minimum atomic E-state index is -1.19. The van der Waals surface area contributed by atoms with Crippen LogP contribution in [0.5, 0.6) is 5.75 Å². The molecule has 0 spiro atoms. The summed E-state index contributed by atoms with van der Waals surface area (Å²) in [4.78, 5) is 51.1. The van der Waals surface area contributed by atoms with Crippen LogP contribution in [0.15, 0.2) is 54.6 Å². The van der Waals surface area contributed by atoms with Gasteiger partial charge in [-0.2, -0.15) is 0 Å². The van der Waals surface area contributed by atoms with Crippen molar-refractivity contribution in [2.24, 2.45) is 11.8 Å². The number of hydrogen-bond acceptors (Lipinski definition) is 9. The first-order chi connectivity index (χ1) is 21.9. The maximum atomic E-state index is 13.5. The molecule has 46 heavy (non-hydrogen) atoms. The topological polar surface area (TPSA) is 168 Å². The Bertz CT molecular complexity index is 1240. The smallest absolute Gasteiger partial charge is 0.407 e. The molecule has 2 aromatic rings. The molecule has 4 atom stereocenters. The second-order valence-corrected chi connectivity index (χ2v) is 11.5. The third kappa shape index (κ3) is 12.6. The third-order valence-electron chi connectivity index (χ3n) is 7.20. The Morgan fingerprint density at radius 3 is 1.91 bits per heavy atom. The van der Waals surface area contributed by atoms with E-state index in [0.29, 0.717) is 5.75 Å². The van der Waals surface area contributed by atoms with Crippen LogP contribution >= 0.6 is 0 Å². The number of aliphatic hydroxyl groups is 1. The van der Waals surface area contributed by atoms with E-state index in [4.69, 9.17) is 14.2 Å². The number of amides is 4. The fourth-order valence-electron chi connectivity index (χ4n) is 4.66. The molecule has 2 unspecified atom stereocenters. The van der Waals surface area contributed by atoms with Crippen molar-refractivity contribution in [1.29, 1.82) is 0 Å². The molecular weight excluding hydrogens is 594 g/mol. The van der Waals surface area contributed by atoms with E-state index in [9.17, 15) is 24.3 Å². The molecule has 0 saturated carbocycles. The first-order valence-corrected chi connectivity index (χ1v) is 15.4. The van der Waals surface area contributed by atoms with Gasteiger partial charge in [-0.25, -0.2) is 14.6 Å². The molecule has 0 aliphatic carbocycles. The molecule has 0 saturated heterocycles. The average molecular weight is 644 g/mol. The number of benzene rings is 2. The highest BCUT2D eigenvalue weighted by molar-refractivity contribution is 5.86. The molecule has 4 amide bonds. The number of ether oxygens (including phenoxy) is 3. The summed E-state index contributed by atoms with van der Waals surface area (Å²) in [5.41, 5.74) is 4.50. The van der Waals surface area contributed by atoms with Gasteiger partial charge in [-0.1, -0.05) is 70.2 Å². The van der Waals surface area contributed by atoms with Gasteiger partial charge in [0, 0.05) is 13.1 Å². The number of methoxy groups -OCH3 is 2. The maximum Gasteiger partial charge on any atom is 0.407 e.